The molecule has 0 radical (unpaired) electrons. The lowest BCUT2D eigenvalue weighted by Crippen LogP contribution is -2.37. The Labute approximate surface area is 118 Å². The fourth-order valence-corrected chi connectivity index (χ4v) is 2.72. The number of nitrogens with one attached hydrogen (secondary N) is 1. The minimum atomic E-state index is -3.72. The molecule has 0 saturated heterocycles. The molecule has 0 unspecified atom stereocenters. The van der Waals surface area contributed by atoms with Gasteiger partial charge >= 0.3 is 0 Å². The van der Waals surface area contributed by atoms with Crippen molar-refractivity contribution in [1.29, 1.82) is 0 Å². The van der Waals surface area contributed by atoms with Crippen molar-refractivity contribution in [3.05, 3.63) is 23.8 Å². The van der Waals surface area contributed by atoms with Crippen LogP contribution in [0.4, 0.5) is 5.69 Å². The molecule has 6 nitrogen and oxygen atoms in total. The quantitative estimate of drug-likeness (QED) is 0.575. The van der Waals surface area contributed by atoms with Crippen LogP contribution in [-0.4, -0.2) is 34.0 Å². The maximum absolute atomic E-state index is 12.0. The zero-order chi connectivity index (χ0) is 14.8. The first-order chi connectivity index (χ1) is 9.43. The van der Waals surface area contributed by atoms with Crippen molar-refractivity contribution in [3.8, 4) is 12.3 Å². The standard InChI is InChI=1S/C13H15N3O3S/c1-2-6-15-9-13(17)16-7-5-10-8-11(20(14,18)19)3-4-12(10)16/h1,3-4,8,15H,5-7,9H2,(H2,14,18,19). The maximum Gasteiger partial charge on any atom is 0.240 e. The Morgan fingerprint density at radius 1 is 1.50 bits per heavy atom. The SMILES string of the molecule is C#CCNCC(=O)N1CCc2cc(S(N)(=O)=O)ccc21. The van der Waals surface area contributed by atoms with E-state index in [1.165, 1.54) is 12.1 Å². The highest BCUT2D eigenvalue weighted by Crippen LogP contribution is 2.29. The van der Waals surface area contributed by atoms with E-state index in [1.54, 1.807) is 11.0 Å². The first-order valence-corrected chi connectivity index (χ1v) is 7.58. The van der Waals surface area contributed by atoms with Gasteiger partial charge in [-0.2, -0.15) is 0 Å². The molecule has 0 fully saturated rings. The Morgan fingerprint density at radius 3 is 2.90 bits per heavy atom. The molecule has 1 heterocycles. The van der Waals surface area contributed by atoms with Crippen LogP contribution in [0.15, 0.2) is 23.1 Å². The monoisotopic (exact) mass is 293 g/mol. The summed E-state index contributed by atoms with van der Waals surface area (Å²) in [7, 11) is -3.72. The Bertz CT molecular complexity index is 677. The van der Waals surface area contributed by atoms with Gasteiger partial charge in [0.1, 0.15) is 0 Å². The fourth-order valence-electron chi connectivity index (χ4n) is 2.15. The summed E-state index contributed by atoms with van der Waals surface area (Å²) in [6.45, 7) is 1.01. The van der Waals surface area contributed by atoms with E-state index in [9.17, 15) is 13.2 Å². The van der Waals surface area contributed by atoms with Gasteiger partial charge in [-0.3, -0.25) is 10.1 Å². The summed E-state index contributed by atoms with van der Waals surface area (Å²) in [5.41, 5.74) is 1.53. The van der Waals surface area contributed by atoms with E-state index in [4.69, 9.17) is 11.6 Å². The van der Waals surface area contributed by atoms with Crippen molar-refractivity contribution < 1.29 is 13.2 Å². The molecule has 0 aromatic heterocycles. The number of benzene rings is 1. The van der Waals surface area contributed by atoms with Crippen LogP contribution in [-0.2, 0) is 21.2 Å². The third kappa shape index (κ3) is 2.99. The van der Waals surface area contributed by atoms with Crippen molar-refractivity contribution in [2.24, 2.45) is 5.14 Å². The predicted molar refractivity (Wildman–Crippen MR) is 75.6 cm³/mol. The number of primary sulfonamides is 1. The summed E-state index contributed by atoms with van der Waals surface area (Å²) in [6.07, 6.45) is 5.71. The maximum atomic E-state index is 12.0. The number of nitrogens with zero attached hydrogens (tertiary/aromatic N) is 1. The van der Waals surface area contributed by atoms with Crippen molar-refractivity contribution in [2.45, 2.75) is 11.3 Å². The van der Waals surface area contributed by atoms with Crippen LogP contribution >= 0.6 is 0 Å². The van der Waals surface area contributed by atoms with Crippen LogP contribution in [0.1, 0.15) is 5.56 Å². The van der Waals surface area contributed by atoms with Crippen LogP contribution in [0.5, 0.6) is 0 Å². The van der Waals surface area contributed by atoms with E-state index < -0.39 is 10.0 Å². The summed E-state index contributed by atoms with van der Waals surface area (Å²) < 4.78 is 22.6. The molecule has 1 aromatic carbocycles. The van der Waals surface area contributed by atoms with E-state index in [2.05, 4.69) is 11.2 Å². The predicted octanol–water partition coefficient (Wildman–Crippen LogP) is -0.554. The molecule has 0 aliphatic carbocycles. The molecule has 0 atom stereocenters. The van der Waals surface area contributed by atoms with Crippen molar-refractivity contribution in [3.63, 3.8) is 0 Å². The lowest BCUT2D eigenvalue weighted by Gasteiger charge is -2.17. The van der Waals surface area contributed by atoms with Gasteiger partial charge in [-0.1, -0.05) is 5.92 Å². The minimum Gasteiger partial charge on any atom is -0.311 e. The summed E-state index contributed by atoms with van der Waals surface area (Å²) in [6, 6.07) is 4.54. The second kappa shape index (κ2) is 5.63. The van der Waals surface area contributed by atoms with E-state index in [-0.39, 0.29) is 17.3 Å². The molecule has 1 aliphatic rings. The molecular weight excluding hydrogens is 278 g/mol. The lowest BCUT2D eigenvalue weighted by atomic mass is 10.2. The second-order valence-electron chi connectivity index (χ2n) is 4.44. The van der Waals surface area contributed by atoms with Crippen LogP contribution in [0.3, 0.4) is 0 Å². The van der Waals surface area contributed by atoms with Crippen molar-refractivity contribution in [1.82, 2.24) is 5.32 Å². The Morgan fingerprint density at radius 2 is 2.25 bits per heavy atom. The topological polar surface area (TPSA) is 92.5 Å². The average Bonchev–Trinajstić information content (AvgIpc) is 2.80. The molecule has 0 spiro atoms. The van der Waals surface area contributed by atoms with E-state index >= 15 is 0 Å². The number of carbonyl (C=O) groups is 1. The first kappa shape index (κ1) is 14.5. The number of terminal acetylenes is 1. The Kier molecular flexibility index (Phi) is 4.09. The number of hydrogen-bond acceptors (Lipinski definition) is 4. The largest absolute Gasteiger partial charge is 0.311 e. The molecule has 1 aliphatic heterocycles. The zero-order valence-corrected chi connectivity index (χ0v) is 11.6. The molecule has 1 aromatic rings. The Hall–Kier alpha value is -1.88. The molecule has 20 heavy (non-hydrogen) atoms. The van der Waals surface area contributed by atoms with Crippen LogP contribution in [0.2, 0.25) is 0 Å². The van der Waals surface area contributed by atoms with Gasteiger partial charge in [0, 0.05) is 12.2 Å². The zero-order valence-electron chi connectivity index (χ0n) is 10.8. The van der Waals surface area contributed by atoms with Gasteiger partial charge in [0.15, 0.2) is 0 Å². The van der Waals surface area contributed by atoms with Gasteiger partial charge in [0.25, 0.3) is 0 Å². The second-order valence-corrected chi connectivity index (χ2v) is 6.00. The molecule has 7 heteroatoms. The number of anilines is 1. The van der Waals surface area contributed by atoms with Gasteiger partial charge in [-0.25, -0.2) is 13.6 Å². The molecule has 2 rings (SSSR count). The third-order valence-electron chi connectivity index (χ3n) is 3.08. The van der Waals surface area contributed by atoms with Crippen LogP contribution in [0, 0.1) is 12.3 Å². The highest BCUT2D eigenvalue weighted by molar-refractivity contribution is 7.89. The van der Waals surface area contributed by atoms with Gasteiger partial charge < -0.3 is 4.90 Å². The van der Waals surface area contributed by atoms with E-state index in [0.717, 1.165) is 11.3 Å². The summed E-state index contributed by atoms with van der Waals surface area (Å²) >= 11 is 0. The number of nitrogens with two attached hydrogens (primary N) is 1. The first-order valence-electron chi connectivity index (χ1n) is 6.04. The number of carbonyl (C=O) groups excluding carboxylic acids is 1. The third-order valence-corrected chi connectivity index (χ3v) is 3.99. The van der Waals surface area contributed by atoms with E-state index in [1.807, 2.05) is 0 Å². The molecule has 0 saturated carbocycles. The smallest absolute Gasteiger partial charge is 0.240 e. The van der Waals surface area contributed by atoms with Gasteiger partial charge in [0.2, 0.25) is 15.9 Å². The average molecular weight is 293 g/mol. The number of sulfonamides is 1. The van der Waals surface area contributed by atoms with Crippen molar-refractivity contribution >= 4 is 21.6 Å². The van der Waals surface area contributed by atoms with Crippen molar-refractivity contribution in [2.75, 3.05) is 24.5 Å². The number of fused-ring (bicyclic) bond motifs is 1. The summed E-state index contributed by atoms with van der Waals surface area (Å²) in [5, 5.41) is 7.92. The minimum absolute atomic E-state index is 0.0657. The summed E-state index contributed by atoms with van der Waals surface area (Å²) in [5.74, 6) is 2.30. The fraction of sp³-hybridized carbons (Fsp3) is 0.308. The van der Waals surface area contributed by atoms with Crippen LogP contribution in [0.25, 0.3) is 0 Å². The normalized spacial score (nSPS) is 13.9. The molecule has 1 amide bonds. The molecule has 106 valence electrons. The van der Waals surface area contributed by atoms with Gasteiger partial charge in [-0.05, 0) is 30.2 Å². The summed E-state index contributed by atoms with van der Waals surface area (Å²) in [4.78, 5) is 13.7. The highest BCUT2D eigenvalue weighted by Gasteiger charge is 2.25. The molecular formula is C13H15N3O3S. The number of amides is 1. The lowest BCUT2D eigenvalue weighted by molar-refractivity contribution is -0.117. The van der Waals surface area contributed by atoms with Gasteiger partial charge in [0.05, 0.1) is 18.0 Å². The van der Waals surface area contributed by atoms with Gasteiger partial charge in [-0.15, -0.1) is 6.42 Å². The number of hydrogen-bond donors (Lipinski definition) is 2. The molecule has 0 bridgehead atoms. The van der Waals surface area contributed by atoms with E-state index in [0.29, 0.717) is 19.5 Å². The highest BCUT2D eigenvalue weighted by atomic mass is 32.2. The molecule has 3 N–H and O–H groups in total. The number of rotatable bonds is 4. The van der Waals surface area contributed by atoms with Crippen LogP contribution < -0.4 is 15.4 Å². The Balaban J connectivity index is 2.18.